The smallest absolute Gasteiger partial charge is 0.234 e. The summed E-state index contributed by atoms with van der Waals surface area (Å²) in [5.74, 6) is 1.72. The molecular weight excluding hydrogens is 266 g/mol. The normalized spacial score (nSPS) is 14.9. The van der Waals surface area contributed by atoms with Crippen LogP contribution in [0.5, 0.6) is 0 Å². The highest BCUT2D eigenvalue weighted by Crippen LogP contribution is 2.19. The van der Waals surface area contributed by atoms with Crippen molar-refractivity contribution in [2.75, 3.05) is 23.3 Å². The van der Waals surface area contributed by atoms with E-state index < -0.39 is 0 Å². The van der Waals surface area contributed by atoms with Gasteiger partial charge in [0, 0.05) is 32.4 Å². The van der Waals surface area contributed by atoms with Crippen molar-refractivity contribution in [3.63, 3.8) is 0 Å². The van der Waals surface area contributed by atoms with Crippen LogP contribution in [0.3, 0.4) is 0 Å². The first kappa shape index (κ1) is 12.2. The summed E-state index contributed by atoms with van der Waals surface area (Å²) in [5, 5.41) is 7.43. The van der Waals surface area contributed by atoms with Crippen LogP contribution in [0.2, 0.25) is 5.28 Å². The zero-order chi connectivity index (χ0) is 13.2. The van der Waals surface area contributed by atoms with Crippen LogP contribution in [0.15, 0.2) is 12.3 Å². The Morgan fingerprint density at radius 3 is 2.68 bits per heavy atom. The fourth-order valence-corrected chi connectivity index (χ4v) is 2.21. The van der Waals surface area contributed by atoms with Gasteiger partial charge in [-0.25, -0.2) is 0 Å². The summed E-state index contributed by atoms with van der Waals surface area (Å²) < 4.78 is 1.70. The first-order chi connectivity index (χ1) is 9.20. The number of hydrogen-bond donors (Lipinski definition) is 1. The van der Waals surface area contributed by atoms with Gasteiger partial charge in [-0.05, 0) is 24.4 Å². The third-order valence-electron chi connectivity index (χ3n) is 2.94. The molecule has 0 spiro atoms. The second-order valence-electron chi connectivity index (χ2n) is 4.42. The number of aryl methyl sites for hydroxylation is 1. The molecule has 1 N–H and O–H groups in total. The Kier molecular flexibility index (Phi) is 3.20. The lowest BCUT2D eigenvalue weighted by molar-refractivity contribution is 0.770. The average Bonchev–Trinajstić information content (AvgIpc) is 3.00. The molecule has 0 aromatic carbocycles. The van der Waals surface area contributed by atoms with Crippen molar-refractivity contribution in [2.45, 2.75) is 12.8 Å². The van der Waals surface area contributed by atoms with E-state index in [9.17, 15) is 0 Å². The zero-order valence-electron chi connectivity index (χ0n) is 10.5. The number of rotatable bonds is 3. The van der Waals surface area contributed by atoms with Crippen molar-refractivity contribution in [3.05, 3.63) is 17.5 Å². The zero-order valence-corrected chi connectivity index (χ0v) is 11.3. The molecule has 1 aliphatic rings. The van der Waals surface area contributed by atoms with Gasteiger partial charge in [0.2, 0.25) is 17.2 Å². The summed E-state index contributed by atoms with van der Waals surface area (Å²) in [5.41, 5.74) is 0. The highest BCUT2D eigenvalue weighted by atomic mass is 35.5. The predicted molar refractivity (Wildman–Crippen MR) is 72.8 cm³/mol. The van der Waals surface area contributed by atoms with E-state index in [1.807, 2.05) is 19.3 Å². The Bertz CT molecular complexity index is 576. The molecule has 0 unspecified atom stereocenters. The first-order valence-corrected chi connectivity index (χ1v) is 6.52. The molecule has 1 fully saturated rings. The van der Waals surface area contributed by atoms with Gasteiger partial charge in [-0.3, -0.25) is 4.68 Å². The van der Waals surface area contributed by atoms with Gasteiger partial charge < -0.3 is 10.2 Å². The van der Waals surface area contributed by atoms with Crippen LogP contribution in [0, 0.1) is 0 Å². The number of aromatic nitrogens is 5. The molecule has 3 rings (SSSR count). The summed E-state index contributed by atoms with van der Waals surface area (Å²) in [6.07, 6.45) is 4.16. The minimum absolute atomic E-state index is 0.190. The Labute approximate surface area is 115 Å². The maximum atomic E-state index is 5.95. The van der Waals surface area contributed by atoms with Crippen LogP contribution in [0.4, 0.5) is 17.7 Å². The number of nitrogens with zero attached hydrogens (tertiary/aromatic N) is 6. The maximum Gasteiger partial charge on any atom is 0.234 e. The van der Waals surface area contributed by atoms with Crippen molar-refractivity contribution in [1.29, 1.82) is 0 Å². The van der Waals surface area contributed by atoms with Crippen LogP contribution in [-0.4, -0.2) is 37.8 Å². The predicted octanol–water partition coefficient (Wildman–Crippen LogP) is 1.60. The van der Waals surface area contributed by atoms with Crippen molar-refractivity contribution in [1.82, 2.24) is 24.7 Å². The van der Waals surface area contributed by atoms with E-state index in [4.69, 9.17) is 11.6 Å². The Hall–Kier alpha value is -1.89. The van der Waals surface area contributed by atoms with E-state index in [2.05, 4.69) is 30.3 Å². The maximum absolute atomic E-state index is 5.95. The summed E-state index contributed by atoms with van der Waals surface area (Å²) in [6.45, 7) is 1.92. The first-order valence-electron chi connectivity index (χ1n) is 6.14. The molecule has 1 aliphatic heterocycles. The van der Waals surface area contributed by atoms with E-state index in [0.717, 1.165) is 25.9 Å². The topological polar surface area (TPSA) is 71.8 Å². The summed E-state index contributed by atoms with van der Waals surface area (Å²) >= 11 is 5.95. The molecule has 0 amide bonds. The number of halogens is 1. The van der Waals surface area contributed by atoms with Gasteiger partial charge in [0.15, 0.2) is 5.82 Å². The minimum atomic E-state index is 0.190. The van der Waals surface area contributed by atoms with Gasteiger partial charge in [-0.2, -0.15) is 20.1 Å². The van der Waals surface area contributed by atoms with Crippen LogP contribution in [-0.2, 0) is 7.05 Å². The third kappa shape index (κ3) is 2.76. The monoisotopic (exact) mass is 279 g/mol. The molecular formula is C11H14ClN7. The largest absolute Gasteiger partial charge is 0.341 e. The van der Waals surface area contributed by atoms with Crippen molar-refractivity contribution < 1.29 is 0 Å². The van der Waals surface area contributed by atoms with Crippen LogP contribution in [0.25, 0.3) is 0 Å². The molecule has 0 saturated carbocycles. The lowest BCUT2D eigenvalue weighted by Gasteiger charge is -2.15. The fourth-order valence-electron chi connectivity index (χ4n) is 2.05. The van der Waals surface area contributed by atoms with E-state index in [0.29, 0.717) is 17.7 Å². The molecule has 7 nitrogen and oxygen atoms in total. The lowest BCUT2D eigenvalue weighted by atomic mass is 10.4. The van der Waals surface area contributed by atoms with Gasteiger partial charge in [0.25, 0.3) is 0 Å². The lowest BCUT2D eigenvalue weighted by Crippen LogP contribution is -2.21. The highest BCUT2D eigenvalue weighted by molar-refractivity contribution is 6.28. The van der Waals surface area contributed by atoms with Gasteiger partial charge in [-0.1, -0.05) is 0 Å². The van der Waals surface area contributed by atoms with Gasteiger partial charge in [0.05, 0.1) is 0 Å². The van der Waals surface area contributed by atoms with Crippen LogP contribution < -0.4 is 10.2 Å². The quantitative estimate of drug-likeness (QED) is 0.920. The van der Waals surface area contributed by atoms with Gasteiger partial charge >= 0.3 is 0 Å². The van der Waals surface area contributed by atoms with E-state index in [-0.39, 0.29) is 5.28 Å². The molecule has 100 valence electrons. The molecule has 0 radical (unpaired) electrons. The second kappa shape index (κ2) is 5.00. The Morgan fingerprint density at radius 1 is 1.21 bits per heavy atom. The molecule has 0 atom stereocenters. The minimum Gasteiger partial charge on any atom is -0.341 e. The van der Waals surface area contributed by atoms with Gasteiger partial charge in [0.1, 0.15) is 0 Å². The van der Waals surface area contributed by atoms with Crippen molar-refractivity contribution in [2.24, 2.45) is 7.05 Å². The van der Waals surface area contributed by atoms with E-state index in [1.54, 1.807) is 4.68 Å². The van der Waals surface area contributed by atoms with Gasteiger partial charge in [-0.15, -0.1) is 0 Å². The average molecular weight is 280 g/mol. The molecule has 2 aromatic heterocycles. The number of anilines is 3. The Morgan fingerprint density at radius 2 is 2.00 bits per heavy atom. The molecule has 8 heteroatoms. The van der Waals surface area contributed by atoms with Crippen LogP contribution >= 0.6 is 11.6 Å². The molecule has 19 heavy (non-hydrogen) atoms. The fraction of sp³-hybridized carbons (Fsp3) is 0.455. The molecule has 2 aromatic rings. The van der Waals surface area contributed by atoms with Crippen LogP contribution in [0.1, 0.15) is 12.8 Å². The third-order valence-corrected chi connectivity index (χ3v) is 3.11. The summed E-state index contributed by atoms with van der Waals surface area (Å²) in [6, 6.07) is 1.84. The van der Waals surface area contributed by atoms with E-state index in [1.165, 1.54) is 0 Å². The SMILES string of the molecule is Cn1ccc(Nc2nc(Cl)nc(N3CCCC3)n2)n1. The molecule has 3 heterocycles. The second-order valence-corrected chi connectivity index (χ2v) is 4.76. The Balaban J connectivity index is 1.84. The van der Waals surface area contributed by atoms with Crippen molar-refractivity contribution >= 4 is 29.3 Å². The number of nitrogens with one attached hydrogen (secondary N) is 1. The number of hydrogen-bond acceptors (Lipinski definition) is 6. The highest BCUT2D eigenvalue weighted by Gasteiger charge is 2.17. The molecule has 0 bridgehead atoms. The van der Waals surface area contributed by atoms with Crippen molar-refractivity contribution in [3.8, 4) is 0 Å². The summed E-state index contributed by atoms with van der Waals surface area (Å²) in [7, 11) is 1.85. The summed E-state index contributed by atoms with van der Waals surface area (Å²) in [4.78, 5) is 14.7. The molecule has 1 saturated heterocycles. The molecule has 0 aliphatic carbocycles. The van der Waals surface area contributed by atoms with E-state index >= 15 is 0 Å². The standard InChI is InChI=1S/C11H14ClN7/c1-18-7-4-8(17-18)13-10-14-9(12)15-11(16-10)19-5-2-3-6-19/h4,7H,2-3,5-6H2,1H3,(H,13,14,15,16,17).